The summed E-state index contributed by atoms with van der Waals surface area (Å²) in [6, 6.07) is 0. The Morgan fingerprint density at radius 2 is 1.82 bits per heavy atom. The van der Waals surface area contributed by atoms with Gasteiger partial charge in [0.2, 0.25) is 0 Å². The van der Waals surface area contributed by atoms with E-state index in [0.717, 1.165) is 12.8 Å². The van der Waals surface area contributed by atoms with Gasteiger partial charge >= 0.3 is 8.56 Å². The molecule has 3 atom stereocenters. The van der Waals surface area contributed by atoms with Crippen molar-refractivity contribution in [2.75, 3.05) is 6.61 Å². The quantitative estimate of drug-likeness (QED) is 0.543. The molecule has 0 N–H and O–H groups in total. The van der Waals surface area contributed by atoms with Crippen molar-refractivity contribution in [2.45, 2.75) is 82.8 Å². The van der Waals surface area contributed by atoms with Crippen molar-refractivity contribution in [3.05, 3.63) is 24.8 Å². The van der Waals surface area contributed by atoms with Gasteiger partial charge in [-0.05, 0) is 12.8 Å². The molecule has 0 amide bonds. The minimum atomic E-state index is -2.41. The van der Waals surface area contributed by atoms with Crippen LogP contribution in [-0.2, 0) is 13.6 Å². The standard InChI is InChI=1S/C18H32O3Si/c1-8-10-14-11-9-12-15-16(20-14)13-19-22(21-15,17(2,3)4)18(5,6)7/h8-9,12,14-16H,1,10-11,13H2,2-7H3/t14?,15-,16+/m0/s1. The molecule has 0 aromatic rings. The summed E-state index contributed by atoms with van der Waals surface area (Å²) in [6.45, 7) is 17.9. The first-order chi connectivity index (χ1) is 10.1. The van der Waals surface area contributed by atoms with Gasteiger partial charge in [0.25, 0.3) is 0 Å². The van der Waals surface area contributed by atoms with Gasteiger partial charge in [-0.3, -0.25) is 0 Å². The SMILES string of the molecule is C=CCC1CC=C[C@@H]2O[Si](C(C)(C)C)(C(C)(C)C)OC[C@H]2O1. The summed E-state index contributed by atoms with van der Waals surface area (Å²) < 4.78 is 19.4. The molecule has 0 aromatic heterocycles. The molecule has 4 heteroatoms. The highest BCUT2D eigenvalue weighted by atomic mass is 28.4. The maximum Gasteiger partial charge on any atom is 0.349 e. The molecule has 2 heterocycles. The van der Waals surface area contributed by atoms with E-state index in [-0.39, 0.29) is 28.4 Å². The Kier molecular flexibility index (Phi) is 5.08. The Bertz CT molecular complexity index is 417. The van der Waals surface area contributed by atoms with Crippen LogP contribution in [0.1, 0.15) is 54.4 Å². The number of hydrogen-bond donors (Lipinski definition) is 0. The highest BCUT2D eigenvalue weighted by Crippen LogP contribution is 2.54. The zero-order valence-electron chi connectivity index (χ0n) is 15.0. The lowest BCUT2D eigenvalue weighted by Gasteiger charge is -2.54. The van der Waals surface area contributed by atoms with Crippen LogP contribution < -0.4 is 0 Å². The van der Waals surface area contributed by atoms with E-state index in [1.54, 1.807) is 0 Å². The smallest absolute Gasteiger partial charge is 0.349 e. The molecular weight excluding hydrogens is 292 g/mol. The van der Waals surface area contributed by atoms with Crippen LogP contribution in [0.2, 0.25) is 10.1 Å². The summed E-state index contributed by atoms with van der Waals surface area (Å²) in [4.78, 5) is 0. The summed E-state index contributed by atoms with van der Waals surface area (Å²) in [6.07, 6.45) is 8.30. The second-order valence-electron chi connectivity index (χ2n) is 8.49. The first-order valence-electron chi connectivity index (χ1n) is 8.35. The summed E-state index contributed by atoms with van der Waals surface area (Å²) >= 11 is 0. The van der Waals surface area contributed by atoms with E-state index in [4.69, 9.17) is 13.6 Å². The predicted molar refractivity (Wildman–Crippen MR) is 93.2 cm³/mol. The molecule has 3 nitrogen and oxygen atoms in total. The Balaban J connectivity index is 2.25. The molecule has 1 fully saturated rings. The largest absolute Gasteiger partial charge is 0.391 e. The molecule has 1 saturated heterocycles. The lowest BCUT2D eigenvalue weighted by Crippen LogP contribution is -2.64. The third kappa shape index (κ3) is 3.25. The molecule has 2 rings (SSSR count). The van der Waals surface area contributed by atoms with Crippen LogP contribution in [0, 0.1) is 0 Å². The van der Waals surface area contributed by atoms with Crippen molar-refractivity contribution < 1.29 is 13.6 Å². The number of ether oxygens (including phenoxy) is 1. The van der Waals surface area contributed by atoms with Crippen molar-refractivity contribution in [1.82, 2.24) is 0 Å². The van der Waals surface area contributed by atoms with Gasteiger partial charge in [-0.25, -0.2) is 0 Å². The normalized spacial score (nSPS) is 32.2. The van der Waals surface area contributed by atoms with Crippen molar-refractivity contribution in [1.29, 1.82) is 0 Å². The van der Waals surface area contributed by atoms with Gasteiger partial charge in [0, 0.05) is 10.1 Å². The molecule has 22 heavy (non-hydrogen) atoms. The van der Waals surface area contributed by atoms with Crippen LogP contribution in [0.5, 0.6) is 0 Å². The monoisotopic (exact) mass is 324 g/mol. The van der Waals surface area contributed by atoms with Crippen LogP contribution in [0.3, 0.4) is 0 Å². The average Bonchev–Trinajstić information content (AvgIpc) is 2.57. The molecule has 2 aliphatic rings. The van der Waals surface area contributed by atoms with Gasteiger partial charge in [0.1, 0.15) is 6.10 Å². The summed E-state index contributed by atoms with van der Waals surface area (Å²) in [5.41, 5.74) is 0. The molecule has 2 aliphatic heterocycles. The average molecular weight is 325 g/mol. The molecule has 0 aromatic carbocycles. The topological polar surface area (TPSA) is 27.7 Å². The fraction of sp³-hybridized carbons (Fsp3) is 0.778. The van der Waals surface area contributed by atoms with E-state index in [9.17, 15) is 0 Å². The zero-order valence-corrected chi connectivity index (χ0v) is 16.0. The first-order valence-corrected chi connectivity index (χ1v) is 10.2. The van der Waals surface area contributed by atoms with E-state index in [2.05, 4.69) is 60.3 Å². The fourth-order valence-electron chi connectivity index (χ4n) is 3.79. The number of fused-ring (bicyclic) bond motifs is 1. The van der Waals surface area contributed by atoms with Crippen LogP contribution in [0.4, 0.5) is 0 Å². The number of rotatable bonds is 2. The first kappa shape index (κ1) is 17.9. The third-order valence-corrected chi connectivity index (χ3v) is 9.74. The van der Waals surface area contributed by atoms with E-state index >= 15 is 0 Å². The molecule has 0 radical (unpaired) electrons. The number of hydrogen-bond acceptors (Lipinski definition) is 3. The fourth-order valence-corrected chi connectivity index (χ4v) is 8.70. The van der Waals surface area contributed by atoms with E-state index in [0.29, 0.717) is 6.61 Å². The third-order valence-electron chi connectivity index (χ3n) is 4.62. The van der Waals surface area contributed by atoms with Crippen LogP contribution >= 0.6 is 0 Å². The molecule has 0 spiro atoms. The summed E-state index contributed by atoms with van der Waals surface area (Å²) in [5.74, 6) is 0. The van der Waals surface area contributed by atoms with E-state index in [1.165, 1.54) is 0 Å². The van der Waals surface area contributed by atoms with Crippen LogP contribution in [-0.4, -0.2) is 33.5 Å². The van der Waals surface area contributed by atoms with Gasteiger partial charge in [0.05, 0.1) is 18.8 Å². The van der Waals surface area contributed by atoms with Crippen molar-refractivity contribution in [2.24, 2.45) is 0 Å². The molecule has 1 unspecified atom stereocenters. The van der Waals surface area contributed by atoms with Crippen molar-refractivity contribution in [3.8, 4) is 0 Å². The van der Waals surface area contributed by atoms with E-state index in [1.807, 2.05) is 6.08 Å². The van der Waals surface area contributed by atoms with Gasteiger partial charge in [-0.15, -0.1) is 6.58 Å². The minimum absolute atomic E-state index is 0.00553. The highest BCUT2D eigenvalue weighted by molar-refractivity contribution is 6.73. The van der Waals surface area contributed by atoms with Crippen LogP contribution in [0.25, 0.3) is 0 Å². The van der Waals surface area contributed by atoms with Gasteiger partial charge < -0.3 is 13.6 Å². The van der Waals surface area contributed by atoms with Gasteiger partial charge in [-0.2, -0.15) is 0 Å². The van der Waals surface area contributed by atoms with Crippen LogP contribution in [0.15, 0.2) is 24.8 Å². The molecule has 0 saturated carbocycles. The lowest BCUT2D eigenvalue weighted by molar-refractivity contribution is -0.112. The molecule has 0 aliphatic carbocycles. The van der Waals surface area contributed by atoms with Crippen molar-refractivity contribution in [3.63, 3.8) is 0 Å². The van der Waals surface area contributed by atoms with Gasteiger partial charge in [-0.1, -0.05) is 59.8 Å². The zero-order chi connectivity index (χ0) is 16.6. The maximum atomic E-state index is 6.69. The second-order valence-corrected chi connectivity index (χ2v) is 13.3. The summed E-state index contributed by atoms with van der Waals surface area (Å²) in [7, 11) is -2.41. The Hall–Kier alpha value is -0.423. The second kappa shape index (κ2) is 6.23. The Morgan fingerprint density at radius 1 is 1.18 bits per heavy atom. The summed E-state index contributed by atoms with van der Waals surface area (Å²) in [5, 5.41) is 0.0216. The Labute approximate surface area is 137 Å². The van der Waals surface area contributed by atoms with Crippen molar-refractivity contribution >= 4 is 8.56 Å². The minimum Gasteiger partial charge on any atom is -0.391 e. The molecular formula is C18H32O3Si. The molecule has 0 bridgehead atoms. The lowest BCUT2D eigenvalue weighted by atomic mass is 10.2. The highest BCUT2D eigenvalue weighted by Gasteiger charge is 2.61. The van der Waals surface area contributed by atoms with E-state index < -0.39 is 8.56 Å². The molecule has 126 valence electrons. The maximum absolute atomic E-state index is 6.69. The predicted octanol–water partition coefficient (Wildman–Crippen LogP) is 4.73. The Morgan fingerprint density at radius 3 is 2.36 bits per heavy atom. The van der Waals surface area contributed by atoms with Gasteiger partial charge in [0.15, 0.2) is 0 Å².